The van der Waals surface area contributed by atoms with Gasteiger partial charge in [0.2, 0.25) is 5.91 Å². The quantitative estimate of drug-likeness (QED) is 0.0320. The van der Waals surface area contributed by atoms with Gasteiger partial charge in [-0.3, -0.25) is 9.59 Å². The van der Waals surface area contributed by atoms with Crippen LogP contribution in [0.1, 0.15) is 354 Å². The first kappa shape index (κ1) is 71.1. The molecular weight excluding hydrogens is 899 g/mol. The molecule has 430 valence electrons. The molecule has 0 saturated heterocycles. The summed E-state index contributed by atoms with van der Waals surface area (Å²) in [6.07, 6.45) is 79.2. The number of allylic oxidation sites excluding steroid dienone is 5. The fourth-order valence-corrected chi connectivity index (χ4v) is 10.1. The standard InChI is InChI=1S/C67H127NO5/c1-3-5-7-9-11-13-15-16-17-18-31-34-37-41-45-49-53-57-61-67(72)73-62-58-54-50-46-42-38-35-32-29-27-25-23-21-19-20-22-24-26-28-30-33-36-40-44-48-52-56-60-66(71)68-64(63-69)65(70)59-55-51-47-43-39-14-12-10-8-6-4-2/h17-20,55,59,64-65,69-70H,3-16,21-54,56-58,60-63H2,1-2H3,(H,68,71)/b18-17-,20-19-,59-55+. The SMILES string of the molecule is CCCCCCCCC/C=C\CCCCCCCCCC(=O)OCCCCCCCCCCCCCC/C=C\CCCCCCCCCCCCCC(=O)NC(CO)C(O)/C=C/CCCCCCCCCCC. The molecule has 0 aliphatic rings. The molecule has 0 aromatic heterocycles. The number of hydrogen-bond donors (Lipinski definition) is 3. The third-order valence-electron chi connectivity index (χ3n) is 15.1. The van der Waals surface area contributed by atoms with E-state index in [4.69, 9.17) is 4.74 Å². The molecule has 0 aliphatic heterocycles. The Labute approximate surface area is 455 Å². The minimum absolute atomic E-state index is 0.0119. The third-order valence-corrected chi connectivity index (χ3v) is 15.1. The van der Waals surface area contributed by atoms with E-state index in [-0.39, 0.29) is 18.5 Å². The summed E-state index contributed by atoms with van der Waals surface area (Å²) < 4.78 is 5.50. The zero-order valence-electron chi connectivity index (χ0n) is 49.1. The molecule has 2 atom stereocenters. The van der Waals surface area contributed by atoms with Crippen molar-refractivity contribution in [2.75, 3.05) is 13.2 Å². The first-order chi connectivity index (χ1) is 36.0. The molecule has 3 N–H and O–H groups in total. The molecule has 6 heteroatoms. The molecule has 0 fully saturated rings. The Hall–Kier alpha value is -1.92. The smallest absolute Gasteiger partial charge is 0.305 e. The molecule has 0 radical (unpaired) electrons. The van der Waals surface area contributed by atoms with Crippen LogP contribution >= 0.6 is 0 Å². The highest BCUT2D eigenvalue weighted by Crippen LogP contribution is 2.17. The van der Waals surface area contributed by atoms with E-state index in [9.17, 15) is 19.8 Å². The first-order valence-corrected chi connectivity index (χ1v) is 32.8. The highest BCUT2D eigenvalue weighted by atomic mass is 16.5. The molecule has 0 aromatic carbocycles. The molecular formula is C67H127NO5. The lowest BCUT2D eigenvalue weighted by Crippen LogP contribution is -2.45. The summed E-state index contributed by atoms with van der Waals surface area (Å²) in [5.74, 6) is -0.0575. The van der Waals surface area contributed by atoms with Crippen LogP contribution in [-0.4, -0.2) is 47.4 Å². The van der Waals surface area contributed by atoms with E-state index in [2.05, 4.69) is 43.5 Å². The number of esters is 1. The van der Waals surface area contributed by atoms with E-state index in [0.29, 0.717) is 19.4 Å². The Morgan fingerprint density at radius 3 is 0.973 bits per heavy atom. The van der Waals surface area contributed by atoms with E-state index in [1.165, 1.54) is 283 Å². The van der Waals surface area contributed by atoms with Gasteiger partial charge in [0.05, 0.1) is 25.4 Å². The number of aliphatic hydroxyl groups is 2. The van der Waals surface area contributed by atoms with Crippen LogP contribution in [0, 0.1) is 0 Å². The maximum Gasteiger partial charge on any atom is 0.305 e. The van der Waals surface area contributed by atoms with Crippen molar-refractivity contribution in [3.05, 3.63) is 36.5 Å². The molecule has 0 rings (SSSR count). The molecule has 2 unspecified atom stereocenters. The summed E-state index contributed by atoms with van der Waals surface area (Å²) in [5.41, 5.74) is 0. The summed E-state index contributed by atoms with van der Waals surface area (Å²) in [7, 11) is 0. The lowest BCUT2D eigenvalue weighted by Gasteiger charge is -2.20. The minimum Gasteiger partial charge on any atom is -0.466 e. The van der Waals surface area contributed by atoms with E-state index in [1.54, 1.807) is 6.08 Å². The van der Waals surface area contributed by atoms with E-state index in [0.717, 1.165) is 44.9 Å². The van der Waals surface area contributed by atoms with Gasteiger partial charge in [-0.1, -0.05) is 294 Å². The van der Waals surface area contributed by atoms with Crippen molar-refractivity contribution in [2.24, 2.45) is 0 Å². The van der Waals surface area contributed by atoms with Crippen molar-refractivity contribution in [3.63, 3.8) is 0 Å². The molecule has 0 aliphatic carbocycles. The molecule has 6 nitrogen and oxygen atoms in total. The van der Waals surface area contributed by atoms with Gasteiger partial charge in [-0.05, 0) is 83.5 Å². The summed E-state index contributed by atoms with van der Waals surface area (Å²) >= 11 is 0. The van der Waals surface area contributed by atoms with Crippen LogP contribution in [0.2, 0.25) is 0 Å². The second kappa shape index (κ2) is 62.6. The Balaban J connectivity index is 3.37. The second-order valence-electron chi connectivity index (χ2n) is 22.4. The van der Waals surface area contributed by atoms with Crippen LogP contribution in [-0.2, 0) is 14.3 Å². The predicted molar refractivity (Wildman–Crippen MR) is 319 cm³/mol. The summed E-state index contributed by atoms with van der Waals surface area (Å²) in [6.45, 7) is 4.90. The maximum absolute atomic E-state index is 12.4. The van der Waals surface area contributed by atoms with Crippen LogP contribution in [0.15, 0.2) is 36.5 Å². The number of hydrogen-bond acceptors (Lipinski definition) is 5. The van der Waals surface area contributed by atoms with Gasteiger partial charge in [-0.15, -0.1) is 0 Å². The van der Waals surface area contributed by atoms with E-state index < -0.39 is 12.1 Å². The molecule has 1 amide bonds. The van der Waals surface area contributed by atoms with Crippen LogP contribution in [0.5, 0.6) is 0 Å². The number of nitrogens with one attached hydrogen (secondary N) is 1. The normalized spacial score (nSPS) is 12.8. The number of carbonyl (C=O) groups is 2. The summed E-state index contributed by atoms with van der Waals surface area (Å²) in [6, 6.07) is -0.627. The molecule has 0 saturated carbocycles. The second-order valence-corrected chi connectivity index (χ2v) is 22.4. The van der Waals surface area contributed by atoms with Crippen molar-refractivity contribution >= 4 is 11.9 Å². The van der Waals surface area contributed by atoms with Crippen molar-refractivity contribution < 1.29 is 24.5 Å². The van der Waals surface area contributed by atoms with Gasteiger partial charge < -0.3 is 20.3 Å². The Kier molecular flexibility index (Phi) is 61.0. The van der Waals surface area contributed by atoms with Crippen LogP contribution < -0.4 is 5.32 Å². The van der Waals surface area contributed by atoms with Gasteiger partial charge in [0.1, 0.15) is 0 Å². The molecule has 0 heterocycles. The average molecular weight is 1030 g/mol. The van der Waals surface area contributed by atoms with Crippen LogP contribution in [0.25, 0.3) is 0 Å². The molecule has 0 spiro atoms. The van der Waals surface area contributed by atoms with Crippen molar-refractivity contribution in [3.8, 4) is 0 Å². The van der Waals surface area contributed by atoms with Gasteiger partial charge in [-0.25, -0.2) is 0 Å². The van der Waals surface area contributed by atoms with Gasteiger partial charge in [-0.2, -0.15) is 0 Å². The number of aliphatic hydroxyl groups excluding tert-OH is 2. The number of rotatable bonds is 61. The monoisotopic (exact) mass is 1030 g/mol. The molecule has 0 aromatic rings. The number of carbonyl (C=O) groups excluding carboxylic acids is 2. The number of unbranched alkanes of at least 4 members (excludes halogenated alkanes) is 46. The van der Waals surface area contributed by atoms with Gasteiger partial charge in [0, 0.05) is 12.8 Å². The lowest BCUT2D eigenvalue weighted by molar-refractivity contribution is -0.143. The van der Waals surface area contributed by atoms with Crippen LogP contribution in [0.3, 0.4) is 0 Å². The van der Waals surface area contributed by atoms with E-state index >= 15 is 0 Å². The van der Waals surface area contributed by atoms with Gasteiger partial charge >= 0.3 is 5.97 Å². The highest BCUT2D eigenvalue weighted by Gasteiger charge is 2.18. The fourth-order valence-electron chi connectivity index (χ4n) is 10.1. The van der Waals surface area contributed by atoms with Crippen molar-refractivity contribution in [1.29, 1.82) is 0 Å². The minimum atomic E-state index is -0.843. The van der Waals surface area contributed by atoms with Gasteiger partial charge in [0.15, 0.2) is 0 Å². The maximum atomic E-state index is 12.4. The van der Waals surface area contributed by atoms with Crippen molar-refractivity contribution in [1.82, 2.24) is 5.32 Å². The van der Waals surface area contributed by atoms with Crippen molar-refractivity contribution in [2.45, 2.75) is 366 Å². The molecule has 73 heavy (non-hydrogen) atoms. The summed E-state index contributed by atoms with van der Waals surface area (Å²) in [4.78, 5) is 24.5. The summed E-state index contributed by atoms with van der Waals surface area (Å²) in [5, 5.41) is 23.0. The Bertz CT molecular complexity index is 1180. The zero-order valence-corrected chi connectivity index (χ0v) is 49.1. The first-order valence-electron chi connectivity index (χ1n) is 32.8. The molecule has 0 bridgehead atoms. The average Bonchev–Trinajstić information content (AvgIpc) is 3.39. The Morgan fingerprint density at radius 2 is 0.644 bits per heavy atom. The number of amides is 1. The zero-order chi connectivity index (χ0) is 52.9. The van der Waals surface area contributed by atoms with Crippen LogP contribution in [0.4, 0.5) is 0 Å². The van der Waals surface area contributed by atoms with E-state index in [1.807, 2.05) is 6.08 Å². The fraction of sp³-hybridized carbons (Fsp3) is 0.881. The topological polar surface area (TPSA) is 95.9 Å². The van der Waals surface area contributed by atoms with Gasteiger partial charge in [0.25, 0.3) is 0 Å². The number of ether oxygens (including phenoxy) is 1. The predicted octanol–water partition coefficient (Wildman–Crippen LogP) is 20.8. The lowest BCUT2D eigenvalue weighted by atomic mass is 10.0. The Morgan fingerprint density at radius 1 is 0.370 bits per heavy atom. The highest BCUT2D eigenvalue weighted by molar-refractivity contribution is 5.76. The third kappa shape index (κ3) is 59.2. The largest absolute Gasteiger partial charge is 0.466 e.